The van der Waals surface area contributed by atoms with E-state index in [0.29, 0.717) is 18.7 Å². The quantitative estimate of drug-likeness (QED) is 0.774. The van der Waals surface area contributed by atoms with Gasteiger partial charge < -0.3 is 14.6 Å². The summed E-state index contributed by atoms with van der Waals surface area (Å²) in [5, 5.41) is 2.95. The summed E-state index contributed by atoms with van der Waals surface area (Å²) in [5.41, 5.74) is 4.65. The standard InChI is InChI=1S/C20H20N4O2/c1-13-10-23-12-17(7-8-19(23)21-13)22-20(26)18-9-15-5-3-4-6-16(15)11-24(18)14(2)25/h3-8,10,12,18H,9,11H2,1-2H3,(H,22,26)/t18-/m0/s1. The van der Waals surface area contributed by atoms with Crippen LogP contribution in [0.2, 0.25) is 0 Å². The van der Waals surface area contributed by atoms with Gasteiger partial charge in [0.15, 0.2) is 0 Å². The summed E-state index contributed by atoms with van der Waals surface area (Å²) >= 11 is 0. The molecular formula is C20H20N4O2. The average molecular weight is 348 g/mol. The van der Waals surface area contributed by atoms with E-state index < -0.39 is 6.04 Å². The molecule has 1 atom stereocenters. The predicted octanol–water partition coefficient (Wildman–Crippen LogP) is 2.55. The zero-order valence-electron chi connectivity index (χ0n) is 14.8. The summed E-state index contributed by atoms with van der Waals surface area (Å²) in [6.45, 7) is 3.90. The third-order valence-corrected chi connectivity index (χ3v) is 4.79. The molecule has 6 heteroatoms. The van der Waals surface area contributed by atoms with E-state index in [0.717, 1.165) is 22.5 Å². The number of carbonyl (C=O) groups is 2. The zero-order valence-corrected chi connectivity index (χ0v) is 14.8. The Bertz CT molecular complexity index is 1010. The fourth-order valence-corrected chi connectivity index (χ4v) is 3.51. The molecule has 0 radical (unpaired) electrons. The van der Waals surface area contributed by atoms with Crippen molar-refractivity contribution in [2.24, 2.45) is 0 Å². The lowest BCUT2D eigenvalue weighted by Gasteiger charge is -2.35. The fourth-order valence-electron chi connectivity index (χ4n) is 3.51. The summed E-state index contributed by atoms with van der Waals surface area (Å²) in [5.74, 6) is -0.272. The van der Waals surface area contributed by atoms with E-state index in [4.69, 9.17) is 0 Å². The molecule has 2 amide bonds. The molecule has 1 aromatic carbocycles. The molecular weight excluding hydrogens is 328 g/mol. The number of hydrogen-bond acceptors (Lipinski definition) is 3. The minimum atomic E-state index is -0.511. The topological polar surface area (TPSA) is 66.7 Å². The van der Waals surface area contributed by atoms with Crippen LogP contribution in [-0.2, 0) is 22.6 Å². The summed E-state index contributed by atoms with van der Waals surface area (Å²) < 4.78 is 1.88. The van der Waals surface area contributed by atoms with Crippen LogP contribution in [-0.4, -0.2) is 32.1 Å². The lowest BCUT2D eigenvalue weighted by atomic mass is 9.93. The van der Waals surface area contributed by atoms with Gasteiger partial charge in [0.05, 0.1) is 11.4 Å². The average Bonchev–Trinajstić information content (AvgIpc) is 2.99. The molecule has 3 heterocycles. The number of nitrogens with zero attached hydrogens (tertiary/aromatic N) is 3. The molecule has 3 aromatic rings. The Balaban J connectivity index is 1.59. The highest BCUT2D eigenvalue weighted by Gasteiger charge is 2.33. The number of amides is 2. The normalized spacial score (nSPS) is 16.4. The van der Waals surface area contributed by atoms with Crippen molar-refractivity contribution in [2.45, 2.75) is 32.9 Å². The van der Waals surface area contributed by atoms with Gasteiger partial charge in [-0.2, -0.15) is 0 Å². The molecule has 0 spiro atoms. The van der Waals surface area contributed by atoms with Crippen LogP contribution in [0.3, 0.4) is 0 Å². The highest BCUT2D eigenvalue weighted by Crippen LogP contribution is 2.24. The van der Waals surface area contributed by atoms with Crippen molar-refractivity contribution in [2.75, 3.05) is 5.32 Å². The summed E-state index contributed by atoms with van der Waals surface area (Å²) in [6.07, 6.45) is 4.26. The number of nitrogens with one attached hydrogen (secondary N) is 1. The van der Waals surface area contributed by atoms with Crippen molar-refractivity contribution in [1.82, 2.24) is 14.3 Å². The smallest absolute Gasteiger partial charge is 0.247 e. The number of aromatic nitrogens is 2. The summed E-state index contributed by atoms with van der Waals surface area (Å²) in [7, 11) is 0. The molecule has 0 fully saturated rings. The molecule has 4 rings (SSSR count). The fraction of sp³-hybridized carbons (Fsp3) is 0.250. The van der Waals surface area contributed by atoms with Gasteiger partial charge in [-0.3, -0.25) is 9.59 Å². The van der Waals surface area contributed by atoms with Crippen molar-refractivity contribution in [1.29, 1.82) is 0 Å². The van der Waals surface area contributed by atoms with E-state index in [9.17, 15) is 9.59 Å². The second kappa shape index (κ2) is 6.29. The van der Waals surface area contributed by atoms with Gasteiger partial charge in [0.1, 0.15) is 11.7 Å². The number of aryl methyl sites for hydroxylation is 1. The lowest BCUT2D eigenvalue weighted by Crippen LogP contribution is -2.49. The first-order chi connectivity index (χ1) is 12.5. The number of hydrogen-bond donors (Lipinski definition) is 1. The highest BCUT2D eigenvalue weighted by atomic mass is 16.2. The molecule has 132 valence electrons. The Morgan fingerprint density at radius 1 is 1.12 bits per heavy atom. The second-order valence-electron chi connectivity index (χ2n) is 6.69. The van der Waals surface area contributed by atoms with E-state index in [1.807, 2.05) is 60.1 Å². The van der Waals surface area contributed by atoms with Crippen LogP contribution < -0.4 is 5.32 Å². The Hall–Kier alpha value is -3.15. The van der Waals surface area contributed by atoms with Crippen LogP contribution in [0.4, 0.5) is 5.69 Å². The molecule has 2 aromatic heterocycles. The first-order valence-corrected chi connectivity index (χ1v) is 8.61. The van der Waals surface area contributed by atoms with Crippen molar-refractivity contribution >= 4 is 23.1 Å². The molecule has 6 nitrogen and oxygen atoms in total. The molecule has 0 saturated carbocycles. The molecule has 0 aliphatic carbocycles. The number of anilines is 1. The molecule has 26 heavy (non-hydrogen) atoms. The van der Waals surface area contributed by atoms with Crippen LogP contribution in [0.15, 0.2) is 48.8 Å². The molecule has 1 aliphatic rings. The number of imidazole rings is 1. The number of fused-ring (bicyclic) bond motifs is 2. The largest absolute Gasteiger partial charge is 0.326 e. The predicted molar refractivity (Wildman–Crippen MR) is 98.7 cm³/mol. The Morgan fingerprint density at radius 2 is 1.88 bits per heavy atom. The molecule has 1 N–H and O–H groups in total. The maximum Gasteiger partial charge on any atom is 0.247 e. The van der Waals surface area contributed by atoms with Crippen LogP contribution >= 0.6 is 0 Å². The van der Waals surface area contributed by atoms with Gasteiger partial charge in [0, 0.05) is 32.3 Å². The molecule has 0 saturated heterocycles. The van der Waals surface area contributed by atoms with Gasteiger partial charge in [0.2, 0.25) is 11.8 Å². The van der Waals surface area contributed by atoms with E-state index in [2.05, 4.69) is 10.3 Å². The first kappa shape index (κ1) is 16.3. The molecule has 0 bridgehead atoms. The number of benzene rings is 1. The summed E-state index contributed by atoms with van der Waals surface area (Å²) in [6, 6.07) is 11.1. The van der Waals surface area contributed by atoms with Gasteiger partial charge in [-0.15, -0.1) is 0 Å². The van der Waals surface area contributed by atoms with Gasteiger partial charge in [0.25, 0.3) is 0 Å². The van der Waals surface area contributed by atoms with E-state index in [1.165, 1.54) is 6.92 Å². The maximum atomic E-state index is 12.9. The number of rotatable bonds is 2. The third-order valence-electron chi connectivity index (χ3n) is 4.79. The number of pyridine rings is 1. The van der Waals surface area contributed by atoms with Crippen molar-refractivity contribution in [3.63, 3.8) is 0 Å². The minimum Gasteiger partial charge on any atom is -0.326 e. The second-order valence-corrected chi connectivity index (χ2v) is 6.69. The van der Waals surface area contributed by atoms with Gasteiger partial charge >= 0.3 is 0 Å². The van der Waals surface area contributed by atoms with Crippen molar-refractivity contribution < 1.29 is 9.59 Å². The van der Waals surface area contributed by atoms with Crippen LogP contribution in [0.25, 0.3) is 5.65 Å². The molecule has 0 unspecified atom stereocenters. The lowest BCUT2D eigenvalue weighted by molar-refractivity contribution is -0.138. The summed E-state index contributed by atoms with van der Waals surface area (Å²) in [4.78, 5) is 31.0. The minimum absolute atomic E-state index is 0.0969. The zero-order chi connectivity index (χ0) is 18.3. The molecule has 1 aliphatic heterocycles. The first-order valence-electron chi connectivity index (χ1n) is 8.61. The van der Waals surface area contributed by atoms with E-state index in [1.54, 1.807) is 4.90 Å². The van der Waals surface area contributed by atoms with Gasteiger partial charge in [-0.1, -0.05) is 24.3 Å². The SMILES string of the molecule is CC(=O)N1Cc2ccccc2C[C@H]1C(=O)Nc1ccc2nc(C)cn2c1. The van der Waals surface area contributed by atoms with Gasteiger partial charge in [-0.25, -0.2) is 4.98 Å². The van der Waals surface area contributed by atoms with Crippen LogP contribution in [0.5, 0.6) is 0 Å². The maximum absolute atomic E-state index is 12.9. The Kier molecular flexibility index (Phi) is 3.95. The number of carbonyl (C=O) groups excluding carboxylic acids is 2. The third kappa shape index (κ3) is 2.94. The van der Waals surface area contributed by atoms with Crippen LogP contribution in [0, 0.1) is 6.92 Å². The Labute approximate surface area is 151 Å². The van der Waals surface area contributed by atoms with E-state index >= 15 is 0 Å². The highest BCUT2D eigenvalue weighted by molar-refractivity contribution is 5.97. The van der Waals surface area contributed by atoms with Crippen molar-refractivity contribution in [3.8, 4) is 0 Å². The monoisotopic (exact) mass is 348 g/mol. The van der Waals surface area contributed by atoms with E-state index in [-0.39, 0.29) is 11.8 Å². The van der Waals surface area contributed by atoms with Gasteiger partial charge in [-0.05, 0) is 30.2 Å². The van der Waals surface area contributed by atoms with Crippen LogP contribution in [0.1, 0.15) is 23.7 Å². The van der Waals surface area contributed by atoms with Crippen molar-refractivity contribution in [3.05, 3.63) is 65.6 Å². The Morgan fingerprint density at radius 3 is 2.65 bits per heavy atom.